The normalized spacial score (nSPS) is 40.4. The summed E-state index contributed by atoms with van der Waals surface area (Å²) in [5, 5.41) is 0. The van der Waals surface area contributed by atoms with Gasteiger partial charge >= 0.3 is 5.97 Å². The first-order valence-corrected chi connectivity index (χ1v) is 4.29. The molecule has 0 aromatic heterocycles. The van der Waals surface area contributed by atoms with Crippen molar-refractivity contribution in [1.29, 1.82) is 0 Å². The van der Waals surface area contributed by atoms with Gasteiger partial charge < -0.3 is 4.74 Å². The summed E-state index contributed by atoms with van der Waals surface area (Å²) in [5.74, 6) is 0.942. The number of hydrogen-bond acceptors (Lipinski definition) is 2. The van der Waals surface area contributed by atoms with Crippen LogP contribution in [0.2, 0.25) is 0 Å². The fourth-order valence-corrected chi connectivity index (χ4v) is 2.31. The maximum absolute atomic E-state index is 11.2. The lowest BCUT2D eigenvalue weighted by Crippen LogP contribution is -2.46. The number of ether oxygens (including phenoxy) is 1. The van der Waals surface area contributed by atoms with Crippen LogP contribution in [0.25, 0.3) is 0 Å². The van der Waals surface area contributed by atoms with Crippen molar-refractivity contribution in [3.63, 3.8) is 0 Å². The molecular formula is C9H14O2. The molecule has 1 aliphatic carbocycles. The number of carbonyl (C=O) groups is 1. The van der Waals surface area contributed by atoms with Crippen molar-refractivity contribution in [2.75, 3.05) is 6.61 Å². The van der Waals surface area contributed by atoms with Gasteiger partial charge in [0.1, 0.15) is 0 Å². The minimum absolute atomic E-state index is 0.0313. The van der Waals surface area contributed by atoms with Crippen LogP contribution in [-0.2, 0) is 9.53 Å². The average molecular weight is 154 g/mol. The molecule has 2 nitrogen and oxygen atoms in total. The predicted octanol–water partition coefficient (Wildman–Crippen LogP) is 1.60. The van der Waals surface area contributed by atoms with Crippen molar-refractivity contribution in [2.24, 2.45) is 17.3 Å². The Morgan fingerprint density at radius 3 is 2.91 bits per heavy atom. The van der Waals surface area contributed by atoms with Crippen LogP contribution >= 0.6 is 0 Å². The van der Waals surface area contributed by atoms with Gasteiger partial charge in [0.25, 0.3) is 0 Å². The Morgan fingerprint density at radius 1 is 1.55 bits per heavy atom. The standard InChI is InChI=1S/C9H14O2/c1-9(2)6-3-4-11-8(10)7(9)5-6/h6-7H,3-5H2,1-2H3. The molecule has 2 saturated heterocycles. The van der Waals surface area contributed by atoms with Gasteiger partial charge in [-0.15, -0.1) is 0 Å². The van der Waals surface area contributed by atoms with Gasteiger partial charge in [-0.1, -0.05) is 13.8 Å². The maximum atomic E-state index is 11.2. The second kappa shape index (κ2) is 1.99. The van der Waals surface area contributed by atoms with E-state index in [9.17, 15) is 4.79 Å². The molecule has 2 unspecified atom stereocenters. The number of esters is 1. The van der Waals surface area contributed by atoms with Crippen molar-refractivity contribution in [1.82, 2.24) is 0 Å². The van der Waals surface area contributed by atoms with Gasteiger partial charge in [-0.3, -0.25) is 4.79 Å². The van der Waals surface area contributed by atoms with E-state index in [0.29, 0.717) is 6.61 Å². The molecule has 2 heteroatoms. The zero-order chi connectivity index (χ0) is 8.06. The average Bonchev–Trinajstić information content (AvgIpc) is 2.17. The molecule has 3 rings (SSSR count). The van der Waals surface area contributed by atoms with Crippen LogP contribution < -0.4 is 0 Å². The number of fused-ring (bicyclic) bond motifs is 3. The maximum Gasteiger partial charge on any atom is 0.309 e. The zero-order valence-electron chi connectivity index (χ0n) is 7.09. The SMILES string of the molecule is CC1(C)C2CCOC(=O)C1C2. The van der Waals surface area contributed by atoms with Crippen LogP contribution in [0.5, 0.6) is 0 Å². The van der Waals surface area contributed by atoms with Gasteiger partial charge in [-0.25, -0.2) is 0 Å². The van der Waals surface area contributed by atoms with Gasteiger partial charge in [-0.2, -0.15) is 0 Å². The van der Waals surface area contributed by atoms with Crippen LogP contribution in [0.15, 0.2) is 0 Å². The highest BCUT2D eigenvalue weighted by Crippen LogP contribution is 2.54. The third-order valence-electron chi connectivity index (χ3n) is 3.47. The fourth-order valence-electron chi connectivity index (χ4n) is 2.31. The van der Waals surface area contributed by atoms with E-state index < -0.39 is 0 Å². The molecule has 0 aromatic carbocycles. The predicted molar refractivity (Wildman–Crippen MR) is 41.0 cm³/mol. The molecular weight excluding hydrogens is 140 g/mol. The molecule has 0 amide bonds. The fraction of sp³-hybridized carbons (Fsp3) is 0.889. The minimum Gasteiger partial charge on any atom is -0.465 e. The van der Waals surface area contributed by atoms with Crippen molar-refractivity contribution in [3.8, 4) is 0 Å². The summed E-state index contributed by atoms with van der Waals surface area (Å²) < 4.78 is 5.05. The van der Waals surface area contributed by atoms with Gasteiger partial charge in [0.2, 0.25) is 0 Å². The van der Waals surface area contributed by atoms with Crippen molar-refractivity contribution < 1.29 is 9.53 Å². The Hall–Kier alpha value is -0.530. The highest BCUT2D eigenvalue weighted by atomic mass is 16.5. The molecule has 2 aliphatic heterocycles. The van der Waals surface area contributed by atoms with Crippen LogP contribution in [0.4, 0.5) is 0 Å². The molecule has 2 atom stereocenters. The lowest BCUT2D eigenvalue weighted by molar-refractivity contribution is -0.156. The molecule has 0 aromatic rings. The molecule has 2 heterocycles. The smallest absolute Gasteiger partial charge is 0.309 e. The van der Waals surface area contributed by atoms with Gasteiger partial charge in [-0.05, 0) is 24.2 Å². The molecule has 3 aliphatic rings. The van der Waals surface area contributed by atoms with E-state index in [4.69, 9.17) is 4.74 Å². The molecule has 0 spiro atoms. The van der Waals surface area contributed by atoms with Crippen LogP contribution in [0, 0.1) is 17.3 Å². The van der Waals surface area contributed by atoms with Gasteiger partial charge in [0.15, 0.2) is 0 Å². The second-order valence-corrected chi connectivity index (χ2v) is 4.26. The van der Waals surface area contributed by atoms with E-state index in [0.717, 1.165) is 18.8 Å². The van der Waals surface area contributed by atoms with Gasteiger partial charge in [0.05, 0.1) is 12.5 Å². The summed E-state index contributed by atoms with van der Waals surface area (Å²) in [6.07, 6.45) is 2.13. The highest BCUT2D eigenvalue weighted by Gasteiger charge is 2.53. The van der Waals surface area contributed by atoms with Crippen LogP contribution in [0.3, 0.4) is 0 Å². The van der Waals surface area contributed by atoms with Crippen molar-refractivity contribution >= 4 is 5.97 Å². The third kappa shape index (κ3) is 0.815. The number of rotatable bonds is 0. The summed E-state index contributed by atoms with van der Waals surface area (Å²) >= 11 is 0. The monoisotopic (exact) mass is 154 g/mol. The molecule has 1 saturated carbocycles. The highest BCUT2D eigenvalue weighted by molar-refractivity contribution is 5.75. The summed E-state index contributed by atoms with van der Waals surface area (Å²) in [5.41, 5.74) is 0.216. The van der Waals surface area contributed by atoms with E-state index in [-0.39, 0.29) is 17.3 Å². The quantitative estimate of drug-likeness (QED) is 0.495. The molecule has 0 N–H and O–H groups in total. The Labute approximate surface area is 66.9 Å². The third-order valence-corrected chi connectivity index (χ3v) is 3.47. The minimum atomic E-state index is 0.0313. The summed E-state index contributed by atoms with van der Waals surface area (Å²) in [6.45, 7) is 5.00. The summed E-state index contributed by atoms with van der Waals surface area (Å²) in [6, 6.07) is 0. The van der Waals surface area contributed by atoms with E-state index in [2.05, 4.69) is 13.8 Å². The topological polar surface area (TPSA) is 26.3 Å². The molecule has 62 valence electrons. The number of hydrogen-bond donors (Lipinski definition) is 0. The molecule has 11 heavy (non-hydrogen) atoms. The second-order valence-electron chi connectivity index (χ2n) is 4.26. The summed E-state index contributed by atoms with van der Waals surface area (Å²) in [4.78, 5) is 11.2. The lowest BCUT2D eigenvalue weighted by Gasteiger charge is -2.48. The Balaban J connectivity index is 2.22. The largest absolute Gasteiger partial charge is 0.465 e. The molecule has 0 radical (unpaired) electrons. The van der Waals surface area contributed by atoms with E-state index >= 15 is 0 Å². The lowest BCUT2D eigenvalue weighted by atomic mass is 9.54. The Bertz CT molecular complexity index is 196. The zero-order valence-corrected chi connectivity index (χ0v) is 7.09. The number of carbonyl (C=O) groups excluding carboxylic acids is 1. The Morgan fingerprint density at radius 2 is 2.27 bits per heavy atom. The first-order valence-electron chi connectivity index (χ1n) is 4.29. The summed E-state index contributed by atoms with van der Waals surface area (Å²) in [7, 11) is 0. The van der Waals surface area contributed by atoms with E-state index in [1.54, 1.807) is 0 Å². The first-order chi connectivity index (χ1) is 5.12. The van der Waals surface area contributed by atoms with Gasteiger partial charge in [0, 0.05) is 0 Å². The van der Waals surface area contributed by atoms with E-state index in [1.165, 1.54) is 0 Å². The van der Waals surface area contributed by atoms with Crippen LogP contribution in [-0.4, -0.2) is 12.6 Å². The van der Waals surface area contributed by atoms with E-state index in [1.807, 2.05) is 0 Å². The van der Waals surface area contributed by atoms with Crippen molar-refractivity contribution in [2.45, 2.75) is 26.7 Å². The van der Waals surface area contributed by atoms with Crippen LogP contribution in [0.1, 0.15) is 26.7 Å². The Kier molecular flexibility index (Phi) is 1.29. The molecule has 2 bridgehead atoms. The first kappa shape index (κ1) is 7.14. The van der Waals surface area contributed by atoms with Crippen molar-refractivity contribution in [3.05, 3.63) is 0 Å². The molecule has 3 fully saturated rings.